The molecule has 1 aromatic heterocycles. The zero-order valence-corrected chi connectivity index (χ0v) is 17.2. The highest BCUT2D eigenvalue weighted by molar-refractivity contribution is 7.88. The Morgan fingerprint density at radius 2 is 2.00 bits per heavy atom. The Hall–Kier alpha value is -1.70. The number of hydrogen-bond donors (Lipinski definition) is 1. The molecule has 1 aliphatic rings. The molecule has 1 N–H and O–H groups in total. The van der Waals surface area contributed by atoms with E-state index in [1.54, 1.807) is 0 Å². The van der Waals surface area contributed by atoms with Crippen molar-refractivity contribution in [3.05, 3.63) is 47.8 Å². The van der Waals surface area contributed by atoms with Crippen molar-refractivity contribution in [2.45, 2.75) is 39.2 Å². The molecule has 0 spiro atoms. The van der Waals surface area contributed by atoms with Crippen LogP contribution in [0.1, 0.15) is 43.9 Å². The molecule has 1 aliphatic heterocycles. The van der Waals surface area contributed by atoms with Crippen LogP contribution in [-0.4, -0.2) is 49.0 Å². The van der Waals surface area contributed by atoms with Crippen LogP contribution in [-0.2, 0) is 16.6 Å². The first kappa shape index (κ1) is 20.0. The van der Waals surface area contributed by atoms with E-state index in [2.05, 4.69) is 41.8 Å². The van der Waals surface area contributed by atoms with Crippen molar-refractivity contribution in [3.8, 4) is 5.69 Å². The molecule has 6 nitrogen and oxygen atoms in total. The number of nitrogens with zero attached hydrogens (tertiary/aromatic N) is 3. The summed E-state index contributed by atoms with van der Waals surface area (Å²) in [6, 6.07) is 10.2. The molecular formula is C20H30N4O2S. The molecule has 2 aromatic rings. The third kappa shape index (κ3) is 5.64. The van der Waals surface area contributed by atoms with Crippen molar-refractivity contribution in [2.24, 2.45) is 5.92 Å². The van der Waals surface area contributed by atoms with Crippen LogP contribution >= 0.6 is 0 Å². The minimum Gasteiger partial charge on any atom is -0.299 e. The van der Waals surface area contributed by atoms with E-state index in [9.17, 15) is 8.42 Å². The molecule has 3 rings (SSSR count). The molecule has 1 atom stereocenters. The Kier molecular flexibility index (Phi) is 6.34. The van der Waals surface area contributed by atoms with Gasteiger partial charge < -0.3 is 0 Å². The lowest BCUT2D eigenvalue weighted by molar-refractivity contribution is 0.168. The Bertz CT molecular complexity index is 846. The highest BCUT2D eigenvalue weighted by Gasteiger charge is 2.23. The van der Waals surface area contributed by atoms with Gasteiger partial charge in [-0.05, 0) is 43.4 Å². The minimum absolute atomic E-state index is 0.359. The molecule has 0 amide bonds. The zero-order valence-electron chi connectivity index (χ0n) is 16.4. The lowest BCUT2D eigenvalue weighted by atomic mass is 9.97. The number of likely N-dealkylation sites (tertiary alicyclic amines) is 1. The maximum absolute atomic E-state index is 11.4. The van der Waals surface area contributed by atoms with Gasteiger partial charge in [-0.15, -0.1) is 0 Å². The van der Waals surface area contributed by atoms with E-state index in [4.69, 9.17) is 5.10 Å². The summed E-state index contributed by atoms with van der Waals surface area (Å²) >= 11 is 0. The van der Waals surface area contributed by atoms with E-state index in [0.717, 1.165) is 43.9 Å². The molecule has 0 bridgehead atoms. The first-order valence-electron chi connectivity index (χ1n) is 9.62. The van der Waals surface area contributed by atoms with Crippen molar-refractivity contribution in [2.75, 3.05) is 25.9 Å². The monoisotopic (exact) mass is 390 g/mol. The Morgan fingerprint density at radius 3 is 2.67 bits per heavy atom. The third-order valence-electron chi connectivity index (χ3n) is 5.02. The molecule has 7 heteroatoms. The van der Waals surface area contributed by atoms with Crippen molar-refractivity contribution in [1.29, 1.82) is 0 Å². The summed E-state index contributed by atoms with van der Waals surface area (Å²) in [5.41, 5.74) is 3.46. The summed E-state index contributed by atoms with van der Waals surface area (Å²) in [6.45, 7) is 7.69. The van der Waals surface area contributed by atoms with Crippen LogP contribution in [0.5, 0.6) is 0 Å². The van der Waals surface area contributed by atoms with E-state index in [1.165, 1.54) is 11.8 Å². The summed E-state index contributed by atoms with van der Waals surface area (Å²) in [4.78, 5) is 2.43. The van der Waals surface area contributed by atoms with Crippen LogP contribution in [0.25, 0.3) is 5.69 Å². The second kappa shape index (κ2) is 8.54. The predicted molar refractivity (Wildman–Crippen MR) is 109 cm³/mol. The van der Waals surface area contributed by atoms with Crippen molar-refractivity contribution < 1.29 is 8.42 Å². The van der Waals surface area contributed by atoms with E-state index in [1.807, 2.05) is 22.9 Å². The normalized spacial score (nSPS) is 18.9. The molecular weight excluding hydrogens is 360 g/mol. The van der Waals surface area contributed by atoms with E-state index < -0.39 is 10.0 Å². The first-order chi connectivity index (χ1) is 12.8. The molecule has 27 heavy (non-hydrogen) atoms. The number of aromatic nitrogens is 2. The first-order valence-corrected chi connectivity index (χ1v) is 11.5. The van der Waals surface area contributed by atoms with Gasteiger partial charge in [-0.25, -0.2) is 17.8 Å². The molecule has 1 saturated heterocycles. The van der Waals surface area contributed by atoms with Crippen molar-refractivity contribution in [1.82, 2.24) is 19.4 Å². The van der Waals surface area contributed by atoms with Gasteiger partial charge in [0.25, 0.3) is 0 Å². The summed E-state index contributed by atoms with van der Waals surface area (Å²) < 4.78 is 27.4. The van der Waals surface area contributed by atoms with Crippen molar-refractivity contribution in [3.63, 3.8) is 0 Å². The molecule has 2 heterocycles. The fourth-order valence-corrected chi connectivity index (χ4v) is 4.25. The van der Waals surface area contributed by atoms with Gasteiger partial charge in [0.05, 0.1) is 17.6 Å². The SMILES string of the molecule is CC(C)c1nn(-c2ccccc2)cc1CN1CCC[C@@H](CNS(C)(=O)=O)C1. The molecule has 0 unspecified atom stereocenters. The van der Waals surface area contributed by atoms with Gasteiger partial charge in [-0.2, -0.15) is 5.10 Å². The Morgan fingerprint density at radius 1 is 1.26 bits per heavy atom. The second-order valence-corrected chi connectivity index (χ2v) is 9.67. The van der Waals surface area contributed by atoms with Crippen molar-refractivity contribution >= 4 is 10.0 Å². The van der Waals surface area contributed by atoms with Crippen LogP contribution in [0.4, 0.5) is 0 Å². The van der Waals surface area contributed by atoms with Crippen LogP contribution in [0, 0.1) is 5.92 Å². The number of para-hydroxylation sites is 1. The number of nitrogens with one attached hydrogen (secondary N) is 1. The summed E-state index contributed by atoms with van der Waals surface area (Å²) in [7, 11) is -3.13. The fraction of sp³-hybridized carbons (Fsp3) is 0.550. The largest absolute Gasteiger partial charge is 0.299 e. The van der Waals surface area contributed by atoms with Crippen LogP contribution in [0.15, 0.2) is 36.5 Å². The third-order valence-corrected chi connectivity index (χ3v) is 5.71. The summed E-state index contributed by atoms with van der Waals surface area (Å²) in [5.74, 6) is 0.720. The van der Waals surface area contributed by atoms with Crippen LogP contribution in [0.3, 0.4) is 0 Å². The van der Waals surface area contributed by atoms with Gasteiger partial charge in [-0.3, -0.25) is 4.90 Å². The summed E-state index contributed by atoms with van der Waals surface area (Å²) in [6.07, 6.45) is 5.53. The smallest absolute Gasteiger partial charge is 0.208 e. The van der Waals surface area contributed by atoms with Gasteiger partial charge in [-0.1, -0.05) is 32.0 Å². The molecule has 1 fully saturated rings. The van der Waals surface area contributed by atoms with Crippen LogP contribution in [0.2, 0.25) is 0 Å². The maximum atomic E-state index is 11.4. The average Bonchev–Trinajstić information content (AvgIpc) is 3.05. The highest BCUT2D eigenvalue weighted by atomic mass is 32.2. The van der Waals surface area contributed by atoms with Gasteiger partial charge >= 0.3 is 0 Å². The number of benzene rings is 1. The summed E-state index contributed by atoms with van der Waals surface area (Å²) in [5, 5.41) is 4.83. The molecule has 0 radical (unpaired) electrons. The predicted octanol–water partition coefficient (Wildman–Crippen LogP) is 2.76. The quantitative estimate of drug-likeness (QED) is 0.789. The maximum Gasteiger partial charge on any atom is 0.208 e. The van der Waals surface area contributed by atoms with Gasteiger partial charge in [0.1, 0.15) is 0 Å². The standard InChI is InChI=1S/C20H30N4O2S/c1-16(2)20-18(15-24(22-20)19-9-5-4-6-10-19)14-23-11-7-8-17(13-23)12-21-27(3,25)26/h4-6,9-10,15-17,21H,7-8,11-14H2,1-3H3/t17-/m0/s1. The highest BCUT2D eigenvalue weighted by Crippen LogP contribution is 2.24. The average molecular weight is 391 g/mol. The lowest BCUT2D eigenvalue weighted by Crippen LogP contribution is -2.40. The molecule has 0 saturated carbocycles. The fourth-order valence-electron chi connectivity index (χ4n) is 3.72. The van der Waals surface area contributed by atoms with E-state index in [0.29, 0.717) is 18.4 Å². The lowest BCUT2D eigenvalue weighted by Gasteiger charge is -2.32. The van der Waals surface area contributed by atoms with Gasteiger partial charge in [0.2, 0.25) is 10.0 Å². The molecule has 148 valence electrons. The zero-order chi connectivity index (χ0) is 19.4. The second-order valence-electron chi connectivity index (χ2n) is 7.84. The van der Waals surface area contributed by atoms with Gasteiger partial charge in [0.15, 0.2) is 0 Å². The minimum atomic E-state index is -3.13. The topological polar surface area (TPSA) is 67.2 Å². The van der Waals surface area contributed by atoms with Gasteiger partial charge in [0, 0.05) is 31.4 Å². The Balaban J connectivity index is 1.71. The van der Waals surface area contributed by atoms with E-state index >= 15 is 0 Å². The number of rotatable bonds is 7. The number of sulfonamides is 1. The Labute approximate surface area is 162 Å². The number of hydrogen-bond acceptors (Lipinski definition) is 4. The number of piperidine rings is 1. The molecule has 0 aliphatic carbocycles. The van der Waals surface area contributed by atoms with Crippen LogP contribution < -0.4 is 4.72 Å². The van der Waals surface area contributed by atoms with E-state index in [-0.39, 0.29) is 0 Å². The molecule has 1 aromatic carbocycles.